The highest BCUT2D eigenvalue weighted by molar-refractivity contribution is 5.79. The van der Waals surface area contributed by atoms with Gasteiger partial charge in [0.05, 0.1) is 5.56 Å². The second-order valence-corrected chi connectivity index (χ2v) is 3.55. The first-order chi connectivity index (χ1) is 8.24. The Morgan fingerprint density at radius 1 is 1.35 bits per heavy atom. The first-order valence-corrected chi connectivity index (χ1v) is 5.07. The van der Waals surface area contributed by atoms with Gasteiger partial charge in [-0.1, -0.05) is 0 Å². The SMILES string of the molecule is COCc1oc(-c2ccc(F)cc2)cc1C=O. The minimum atomic E-state index is -0.312. The summed E-state index contributed by atoms with van der Waals surface area (Å²) in [6.45, 7) is 0.231. The molecule has 1 aromatic heterocycles. The highest BCUT2D eigenvalue weighted by atomic mass is 19.1. The Bertz CT molecular complexity index is 514. The van der Waals surface area contributed by atoms with Crippen molar-refractivity contribution in [1.29, 1.82) is 0 Å². The van der Waals surface area contributed by atoms with Crippen molar-refractivity contribution in [1.82, 2.24) is 0 Å². The van der Waals surface area contributed by atoms with Crippen molar-refractivity contribution in [2.24, 2.45) is 0 Å². The molecule has 0 aliphatic rings. The lowest BCUT2D eigenvalue weighted by Crippen LogP contribution is -1.88. The van der Waals surface area contributed by atoms with Crippen LogP contribution < -0.4 is 0 Å². The number of carbonyl (C=O) groups is 1. The van der Waals surface area contributed by atoms with E-state index in [2.05, 4.69) is 0 Å². The van der Waals surface area contributed by atoms with Gasteiger partial charge in [-0.3, -0.25) is 4.79 Å². The summed E-state index contributed by atoms with van der Waals surface area (Å²) in [7, 11) is 1.52. The lowest BCUT2D eigenvalue weighted by atomic mass is 10.1. The average Bonchev–Trinajstić information content (AvgIpc) is 2.74. The molecule has 88 valence electrons. The topological polar surface area (TPSA) is 39.4 Å². The molecule has 2 aromatic rings. The van der Waals surface area contributed by atoms with Crippen molar-refractivity contribution < 1.29 is 18.3 Å². The number of hydrogen-bond acceptors (Lipinski definition) is 3. The summed E-state index contributed by atoms with van der Waals surface area (Å²) >= 11 is 0. The highest BCUT2D eigenvalue weighted by Crippen LogP contribution is 2.25. The molecule has 0 saturated carbocycles. The summed E-state index contributed by atoms with van der Waals surface area (Å²) in [4.78, 5) is 10.8. The number of rotatable bonds is 4. The number of benzene rings is 1. The maximum Gasteiger partial charge on any atom is 0.153 e. The van der Waals surface area contributed by atoms with E-state index in [1.165, 1.54) is 19.2 Å². The summed E-state index contributed by atoms with van der Waals surface area (Å²) in [6.07, 6.45) is 0.713. The van der Waals surface area contributed by atoms with E-state index in [1.54, 1.807) is 18.2 Å². The van der Waals surface area contributed by atoms with Crippen molar-refractivity contribution in [2.75, 3.05) is 7.11 Å². The molecule has 0 spiro atoms. The molecule has 3 nitrogen and oxygen atoms in total. The van der Waals surface area contributed by atoms with Crippen LogP contribution >= 0.6 is 0 Å². The number of carbonyl (C=O) groups excluding carboxylic acids is 1. The zero-order valence-electron chi connectivity index (χ0n) is 9.27. The standard InChI is InChI=1S/C13H11FO3/c1-16-8-13-10(7-15)6-12(17-13)9-2-4-11(14)5-3-9/h2-7H,8H2,1H3. The molecular formula is C13H11FO3. The van der Waals surface area contributed by atoms with Gasteiger partial charge in [0.1, 0.15) is 23.9 Å². The molecule has 0 amide bonds. The molecule has 0 fully saturated rings. The monoisotopic (exact) mass is 234 g/mol. The molecule has 0 unspecified atom stereocenters. The minimum absolute atomic E-state index is 0.231. The van der Waals surface area contributed by atoms with Gasteiger partial charge in [0, 0.05) is 12.7 Å². The number of aldehydes is 1. The third kappa shape index (κ3) is 2.42. The second kappa shape index (κ2) is 4.93. The lowest BCUT2D eigenvalue weighted by molar-refractivity contribution is 0.111. The van der Waals surface area contributed by atoms with Crippen LogP contribution in [0.25, 0.3) is 11.3 Å². The first kappa shape index (κ1) is 11.5. The summed E-state index contributed by atoms with van der Waals surface area (Å²) in [5.74, 6) is 0.689. The van der Waals surface area contributed by atoms with Crippen LogP contribution in [0.15, 0.2) is 34.7 Å². The van der Waals surface area contributed by atoms with E-state index in [0.717, 1.165) is 5.56 Å². The maximum absolute atomic E-state index is 12.8. The van der Waals surface area contributed by atoms with Crippen LogP contribution in [0.5, 0.6) is 0 Å². The number of hydrogen-bond donors (Lipinski definition) is 0. The Morgan fingerprint density at radius 2 is 2.06 bits per heavy atom. The van der Waals surface area contributed by atoms with Crippen LogP contribution in [-0.4, -0.2) is 13.4 Å². The predicted molar refractivity (Wildman–Crippen MR) is 60.2 cm³/mol. The predicted octanol–water partition coefficient (Wildman–Crippen LogP) is 3.04. The van der Waals surface area contributed by atoms with Crippen molar-refractivity contribution in [2.45, 2.75) is 6.61 Å². The molecule has 2 rings (SSSR count). The molecular weight excluding hydrogens is 223 g/mol. The minimum Gasteiger partial charge on any atom is -0.458 e. The van der Waals surface area contributed by atoms with Gasteiger partial charge in [-0.25, -0.2) is 4.39 Å². The van der Waals surface area contributed by atoms with Crippen molar-refractivity contribution in [3.05, 3.63) is 47.5 Å². The van der Waals surface area contributed by atoms with E-state index in [4.69, 9.17) is 9.15 Å². The van der Waals surface area contributed by atoms with Gasteiger partial charge in [0.15, 0.2) is 6.29 Å². The summed E-state index contributed by atoms with van der Waals surface area (Å²) < 4.78 is 23.2. The molecule has 4 heteroatoms. The zero-order chi connectivity index (χ0) is 12.3. The summed E-state index contributed by atoms with van der Waals surface area (Å²) in [6, 6.07) is 7.50. The fourth-order valence-corrected chi connectivity index (χ4v) is 1.54. The molecule has 0 atom stereocenters. The van der Waals surface area contributed by atoms with Crippen molar-refractivity contribution in [3.63, 3.8) is 0 Å². The van der Waals surface area contributed by atoms with E-state index < -0.39 is 0 Å². The summed E-state index contributed by atoms with van der Waals surface area (Å²) in [5, 5.41) is 0. The molecule has 1 aromatic carbocycles. The molecule has 0 N–H and O–H groups in total. The Kier molecular flexibility index (Phi) is 3.35. The zero-order valence-corrected chi connectivity index (χ0v) is 9.27. The molecule has 0 aliphatic heterocycles. The van der Waals surface area contributed by atoms with Crippen molar-refractivity contribution in [3.8, 4) is 11.3 Å². The summed E-state index contributed by atoms with van der Waals surface area (Å²) in [5.41, 5.74) is 1.17. The third-order valence-electron chi connectivity index (χ3n) is 2.37. The van der Waals surface area contributed by atoms with Gasteiger partial charge in [-0.15, -0.1) is 0 Å². The number of halogens is 1. The second-order valence-electron chi connectivity index (χ2n) is 3.55. The van der Waals surface area contributed by atoms with Crippen LogP contribution in [0.2, 0.25) is 0 Å². The van der Waals surface area contributed by atoms with Crippen LogP contribution in [0.3, 0.4) is 0 Å². The Balaban J connectivity index is 2.38. The third-order valence-corrected chi connectivity index (χ3v) is 2.37. The van der Waals surface area contributed by atoms with Gasteiger partial charge in [-0.2, -0.15) is 0 Å². The number of furan rings is 1. The Labute approximate surface area is 97.8 Å². The van der Waals surface area contributed by atoms with Crippen LogP contribution in [0, 0.1) is 5.82 Å². The lowest BCUT2D eigenvalue weighted by Gasteiger charge is -1.97. The molecule has 1 heterocycles. The highest BCUT2D eigenvalue weighted by Gasteiger charge is 2.11. The van der Waals surface area contributed by atoms with Crippen molar-refractivity contribution >= 4 is 6.29 Å². The van der Waals surface area contributed by atoms with E-state index in [0.29, 0.717) is 23.4 Å². The fourth-order valence-electron chi connectivity index (χ4n) is 1.54. The molecule has 0 bridgehead atoms. The average molecular weight is 234 g/mol. The number of methoxy groups -OCH3 is 1. The quantitative estimate of drug-likeness (QED) is 0.763. The van der Waals surface area contributed by atoms with Gasteiger partial charge >= 0.3 is 0 Å². The van der Waals surface area contributed by atoms with Crippen LogP contribution in [0.1, 0.15) is 16.1 Å². The van der Waals surface area contributed by atoms with Crippen LogP contribution in [0.4, 0.5) is 4.39 Å². The normalized spacial score (nSPS) is 10.5. The Morgan fingerprint density at radius 3 is 2.65 bits per heavy atom. The molecule has 0 saturated heterocycles. The molecule has 17 heavy (non-hydrogen) atoms. The van der Waals surface area contributed by atoms with Gasteiger partial charge < -0.3 is 9.15 Å². The molecule has 0 radical (unpaired) electrons. The molecule has 0 aliphatic carbocycles. The first-order valence-electron chi connectivity index (χ1n) is 5.07. The Hall–Kier alpha value is -1.94. The van der Waals surface area contributed by atoms with E-state index >= 15 is 0 Å². The maximum atomic E-state index is 12.8. The van der Waals surface area contributed by atoms with E-state index in [1.807, 2.05) is 0 Å². The van der Waals surface area contributed by atoms with Gasteiger partial charge in [-0.05, 0) is 30.3 Å². The number of ether oxygens (including phenoxy) is 1. The van der Waals surface area contributed by atoms with Crippen LogP contribution in [-0.2, 0) is 11.3 Å². The van der Waals surface area contributed by atoms with E-state index in [-0.39, 0.29) is 12.4 Å². The van der Waals surface area contributed by atoms with E-state index in [9.17, 15) is 9.18 Å². The van der Waals surface area contributed by atoms with Gasteiger partial charge in [0.25, 0.3) is 0 Å². The smallest absolute Gasteiger partial charge is 0.153 e. The van der Waals surface area contributed by atoms with Gasteiger partial charge in [0.2, 0.25) is 0 Å². The fraction of sp³-hybridized carbons (Fsp3) is 0.154. The largest absolute Gasteiger partial charge is 0.458 e.